The summed E-state index contributed by atoms with van der Waals surface area (Å²) >= 11 is 0. The van der Waals surface area contributed by atoms with Crippen LogP contribution < -0.4 is 4.72 Å². The van der Waals surface area contributed by atoms with E-state index >= 15 is 0 Å². The van der Waals surface area contributed by atoms with Gasteiger partial charge in [0.15, 0.2) is 0 Å². The van der Waals surface area contributed by atoms with Crippen LogP contribution in [0.3, 0.4) is 0 Å². The number of nitrogens with zero attached hydrogens (tertiary/aromatic N) is 2. The number of hydrogen-bond acceptors (Lipinski definition) is 3. The molecule has 5 nitrogen and oxygen atoms in total. The van der Waals surface area contributed by atoms with Gasteiger partial charge in [-0.05, 0) is 13.8 Å². The van der Waals surface area contributed by atoms with E-state index in [9.17, 15) is 8.42 Å². The molecule has 104 valence electrons. The van der Waals surface area contributed by atoms with Gasteiger partial charge in [0, 0.05) is 24.2 Å². The molecule has 0 fully saturated rings. The minimum absolute atomic E-state index is 0.136. The molecule has 6 heteroatoms. The van der Waals surface area contributed by atoms with Gasteiger partial charge in [0.2, 0.25) is 10.0 Å². The molecule has 1 aromatic heterocycles. The van der Waals surface area contributed by atoms with Gasteiger partial charge in [-0.15, -0.1) is 0 Å². The molecular formula is C12H23N3O2S. The lowest BCUT2D eigenvalue weighted by Gasteiger charge is -2.17. The molecule has 0 spiro atoms. The van der Waals surface area contributed by atoms with Crippen molar-refractivity contribution in [1.82, 2.24) is 14.5 Å². The second-order valence-corrected chi connectivity index (χ2v) is 7.40. The maximum Gasteiger partial charge on any atom is 0.243 e. The summed E-state index contributed by atoms with van der Waals surface area (Å²) in [7, 11) is -3.47. The molecule has 0 aromatic carbocycles. The lowest BCUT2D eigenvalue weighted by atomic mass is 9.92. The van der Waals surface area contributed by atoms with Crippen molar-refractivity contribution in [2.45, 2.75) is 57.9 Å². The lowest BCUT2D eigenvalue weighted by Crippen LogP contribution is -2.26. The minimum atomic E-state index is -3.47. The Morgan fingerprint density at radius 3 is 2.33 bits per heavy atom. The third-order valence-corrected chi connectivity index (χ3v) is 4.11. The summed E-state index contributed by atoms with van der Waals surface area (Å²) in [4.78, 5) is 0.283. The van der Waals surface area contributed by atoms with Crippen LogP contribution in [0.15, 0.2) is 11.1 Å². The maximum absolute atomic E-state index is 12.2. The Balaban J connectivity index is 3.43. The third kappa shape index (κ3) is 3.11. The first-order valence-corrected chi connectivity index (χ1v) is 7.67. The van der Waals surface area contributed by atoms with Crippen molar-refractivity contribution < 1.29 is 8.42 Å². The zero-order valence-corrected chi connectivity index (χ0v) is 12.8. The number of hydrogen-bond donors (Lipinski definition) is 1. The Labute approximate surface area is 110 Å². The molecular weight excluding hydrogens is 250 g/mol. The summed E-state index contributed by atoms with van der Waals surface area (Å²) < 4.78 is 28.6. The van der Waals surface area contributed by atoms with Gasteiger partial charge < -0.3 is 0 Å². The van der Waals surface area contributed by atoms with Crippen LogP contribution in [0.2, 0.25) is 0 Å². The highest BCUT2D eigenvalue weighted by Gasteiger charge is 2.29. The van der Waals surface area contributed by atoms with E-state index in [4.69, 9.17) is 0 Å². The maximum atomic E-state index is 12.2. The van der Waals surface area contributed by atoms with E-state index in [1.165, 1.54) is 0 Å². The van der Waals surface area contributed by atoms with Gasteiger partial charge in [-0.3, -0.25) is 4.68 Å². The SMILES string of the molecule is CCNS(=O)(=O)c1cn(C(C)C)nc1C(C)(C)C. The van der Waals surface area contributed by atoms with Crippen molar-refractivity contribution in [3.63, 3.8) is 0 Å². The van der Waals surface area contributed by atoms with Crippen LogP contribution in [0, 0.1) is 0 Å². The molecule has 0 saturated heterocycles. The molecule has 18 heavy (non-hydrogen) atoms. The van der Waals surface area contributed by atoms with Crippen molar-refractivity contribution in [3.05, 3.63) is 11.9 Å². The predicted octanol–water partition coefficient (Wildman–Crippen LogP) is 2.06. The number of sulfonamides is 1. The summed E-state index contributed by atoms with van der Waals surface area (Å²) in [6.07, 6.45) is 1.61. The molecule has 1 N–H and O–H groups in total. The standard InChI is InChI=1S/C12H23N3O2S/c1-7-13-18(16,17)10-8-15(9(2)3)14-11(10)12(4,5)6/h8-9,13H,7H2,1-6H3. The molecule has 0 aliphatic carbocycles. The molecule has 0 amide bonds. The van der Waals surface area contributed by atoms with Gasteiger partial charge in [-0.2, -0.15) is 5.10 Å². The summed E-state index contributed by atoms with van der Waals surface area (Å²) in [5.74, 6) is 0. The predicted molar refractivity (Wildman–Crippen MR) is 72.2 cm³/mol. The van der Waals surface area contributed by atoms with Gasteiger partial charge in [0.25, 0.3) is 0 Å². The monoisotopic (exact) mass is 273 g/mol. The normalized spacial score (nSPS) is 13.3. The van der Waals surface area contributed by atoms with Crippen LogP contribution in [0.5, 0.6) is 0 Å². The summed E-state index contributed by atoms with van der Waals surface area (Å²) in [6.45, 7) is 12.0. The molecule has 0 radical (unpaired) electrons. The van der Waals surface area contributed by atoms with Gasteiger partial charge in [-0.25, -0.2) is 13.1 Å². The van der Waals surface area contributed by atoms with Gasteiger partial charge in [0.1, 0.15) is 4.90 Å². The molecule has 1 heterocycles. The van der Waals surface area contributed by atoms with Crippen LogP contribution in [0.4, 0.5) is 0 Å². The molecule has 0 unspecified atom stereocenters. The van der Waals surface area contributed by atoms with E-state index in [0.29, 0.717) is 12.2 Å². The van der Waals surface area contributed by atoms with Gasteiger partial charge in [-0.1, -0.05) is 27.7 Å². The fourth-order valence-corrected chi connectivity index (χ4v) is 3.01. The largest absolute Gasteiger partial charge is 0.269 e. The molecule has 0 bridgehead atoms. The number of aromatic nitrogens is 2. The zero-order chi connectivity index (χ0) is 14.1. The average Bonchev–Trinajstić information content (AvgIpc) is 2.61. The van der Waals surface area contributed by atoms with E-state index in [0.717, 1.165) is 0 Å². The molecule has 0 aliphatic rings. The van der Waals surface area contributed by atoms with Gasteiger partial charge in [0.05, 0.1) is 5.69 Å². The van der Waals surface area contributed by atoms with Crippen molar-refractivity contribution in [1.29, 1.82) is 0 Å². The first-order chi connectivity index (χ1) is 8.09. The summed E-state index contributed by atoms with van der Waals surface area (Å²) in [5.41, 5.74) is 0.301. The van der Waals surface area contributed by atoms with E-state index in [1.54, 1.807) is 17.8 Å². The zero-order valence-electron chi connectivity index (χ0n) is 12.0. The topological polar surface area (TPSA) is 64.0 Å². The van der Waals surface area contributed by atoms with Crippen LogP contribution >= 0.6 is 0 Å². The van der Waals surface area contributed by atoms with Crippen LogP contribution in [-0.2, 0) is 15.4 Å². The van der Waals surface area contributed by atoms with E-state index in [1.807, 2.05) is 34.6 Å². The Morgan fingerprint density at radius 2 is 1.94 bits per heavy atom. The number of rotatable bonds is 4. The summed E-state index contributed by atoms with van der Waals surface area (Å²) in [6, 6.07) is 0.136. The fraction of sp³-hybridized carbons (Fsp3) is 0.750. The first-order valence-electron chi connectivity index (χ1n) is 6.19. The molecule has 1 rings (SSSR count). The molecule has 0 aliphatic heterocycles. The smallest absolute Gasteiger partial charge is 0.243 e. The quantitative estimate of drug-likeness (QED) is 0.913. The molecule has 1 aromatic rings. The van der Waals surface area contributed by atoms with E-state index in [2.05, 4.69) is 9.82 Å². The fourth-order valence-electron chi connectivity index (χ4n) is 1.62. The van der Waals surface area contributed by atoms with Crippen molar-refractivity contribution in [3.8, 4) is 0 Å². The summed E-state index contributed by atoms with van der Waals surface area (Å²) in [5, 5.41) is 4.43. The lowest BCUT2D eigenvalue weighted by molar-refractivity contribution is 0.493. The average molecular weight is 273 g/mol. The third-order valence-electron chi connectivity index (χ3n) is 2.56. The van der Waals surface area contributed by atoms with E-state index in [-0.39, 0.29) is 16.4 Å². The number of nitrogens with one attached hydrogen (secondary N) is 1. The Kier molecular flexibility index (Phi) is 4.23. The minimum Gasteiger partial charge on any atom is -0.269 e. The van der Waals surface area contributed by atoms with E-state index < -0.39 is 10.0 Å². The second-order valence-electron chi connectivity index (χ2n) is 5.67. The van der Waals surface area contributed by atoms with Crippen LogP contribution in [0.25, 0.3) is 0 Å². The highest BCUT2D eigenvalue weighted by atomic mass is 32.2. The molecule has 0 saturated carbocycles. The van der Waals surface area contributed by atoms with Crippen molar-refractivity contribution in [2.24, 2.45) is 0 Å². The van der Waals surface area contributed by atoms with Crippen LogP contribution in [-0.4, -0.2) is 24.7 Å². The highest BCUT2D eigenvalue weighted by molar-refractivity contribution is 7.89. The first kappa shape index (κ1) is 15.2. The van der Waals surface area contributed by atoms with Crippen molar-refractivity contribution in [2.75, 3.05) is 6.54 Å². The second kappa shape index (κ2) is 5.01. The van der Waals surface area contributed by atoms with Crippen LogP contribution in [0.1, 0.15) is 53.3 Å². The Hall–Kier alpha value is -0.880. The molecule has 0 atom stereocenters. The Bertz CT molecular complexity index is 510. The highest BCUT2D eigenvalue weighted by Crippen LogP contribution is 2.28. The Morgan fingerprint density at radius 1 is 1.39 bits per heavy atom. The van der Waals surface area contributed by atoms with Crippen molar-refractivity contribution >= 4 is 10.0 Å². The van der Waals surface area contributed by atoms with Gasteiger partial charge >= 0.3 is 0 Å².